The summed E-state index contributed by atoms with van der Waals surface area (Å²) in [6.07, 6.45) is 4.72. The summed E-state index contributed by atoms with van der Waals surface area (Å²) in [5.41, 5.74) is 2.58. The lowest BCUT2D eigenvalue weighted by molar-refractivity contribution is -0.110. The standard InChI is InChI=1S/C13H4Cl4O/c14-7-1-2-9(18)6-3-5-4-8(15)12(16)13(17)10(5)11(6)7/h1-4H. The van der Waals surface area contributed by atoms with Gasteiger partial charge in [-0.2, -0.15) is 0 Å². The number of benzene rings is 1. The van der Waals surface area contributed by atoms with E-state index in [1.54, 1.807) is 18.2 Å². The summed E-state index contributed by atoms with van der Waals surface area (Å²) in [7, 11) is 0. The Morgan fingerprint density at radius 3 is 2.39 bits per heavy atom. The van der Waals surface area contributed by atoms with Gasteiger partial charge < -0.3 is 0 Å². The predicted octanol–water partition coefficient (Wildman–Crippen LogP) is 5.13. The maximum atomic E-state index is 11.8. The molecule has 0 saturated carbocycles. The van der Waals surface area contributed by atoms with Crippen LogP contribution < -0.4 is 0 Å². The Hall–Kier alpha value is -0.730. The van der Waals surface area contributed by atoms with Gasteiger partial charge in [0.25, 0.3) is 0 Å². The molecular weight excluding hydrogens is 314 g/mol. The summed E-state index contributed by atoms with van der Waals surface area (Å²) in [6, 6.07) is 1.68. The van der Waals surface area contributed by atoms with Crippen LogP contribution in [0.15, 0.2) is 28.8 Å². The maximum Gasteiger partial charge on any atom is 0.186 e. The zero-order valence-corrected chi connectivity index (χ0v) is 11.8. The van der Waals surface area contributed by atoms with E-state index in [0.717, 1.165) is 5.56 Å². The van der Waals surface area contributed by atoms with Gasteiger partial charge in [-0.25, -0.2) is 0 Å². The highest BCUT2D eigenvalue weighted by molar-refractivity contribution is 6.50. The van der Waals surface area contributed by atoms with Crippen molar-refractivity contribution in [3.8, 4) is 0 Å². The van der Waals surface area contributed by atoms with Crippen molar-refractivity contribution in [2.45, 2.75) is 0 Å². The summed E-state index contributed by atoms with van der Waals surface area (Å²) < 4.78 is 0. The Bertz CT molecular complexity index is 695. The number of rotatable bonds is 0. The number of hydrogen-bond donors (Lipinski definition) is 0. The van der Waals surface area contributed by atoms with Crippen LogP contribution in [-0.2, 0) is 4.79 Å². The van der Waals surface area contributed by atoms with E-state index in [0.29, 0.717) is 31.8 Å². The number of carbonyl (C=O) groups is 1. The average Bonchev–Trinajstić information content (AvgIpc) is 2.71. The highest BCUT2D eigenvalue weighted by Gasteiger charge is 2.31. The van der Waals surface area contributed by atoms with Crippen LogP contribution >= 0.6 is 46.4 Å². The molecule has 18 heavy (non-hydrogen) atoms. The highest BCUT2D eigenvalue weighted by Crippen LogP contribution is 2.48. The SMILES string of the molecule is O=C1C=CC(Cl)=C2C1=Cc1cc(Cl)c(Cl)c(Cl)c12. The number of fused-ring (bicyclic) bond motifs is 3. The van der Waals surface area contributed by atoms with Crippen molar-refractivity contribution in [3.63, 3.8) is 0 Å². The maximum absolute atomic E-state index is 11.8. The lowest BCUT2D eigenvalue weighted by Gasteiger charge is -2.13. The normalized spacial score (nSPS) is 16.9. The molecule has 0 atom stereocenters. The molecule has 0 aliphatic heterocycles. The third kappa shape index (κ3) is 1.59. The van der Waals surface area contributed by atoms with Crippen molar-refractivity contribution in [2.75, 3.05) is 0 Å². The minimum atomic E-state index is -0.103. The van der Waals surface area contributed by atoms with Crippen LogP contribution in [0.4, 0.5) is 0 Å². The van der Waals surface area contributed by atoms with E-state index in [4.69, 9.17) is 46.4 Å². The molecule has 0 fully saturated rings. The molecule has 1 aromatic rings. The zero-order valence-electron chi connectivity index (χ0n) is 8.73. The summed E-state index contributed by atoms with van der Waals surface area (Å²) in [5, 5.41) is 1.42. The molecular formula is C13H4Cl4O. The van der Waals surface area contributed by atoms with Crippen LogP contribution in [0.2, 0.25) is 15.1 Å². The van der Waals surface area contributed by atoms with Crippen molar-refractivity contribution >= 4 is 63.8 Å². The lowest BCUT2D eigenvalue weighted by Crippen LogP contribution is -2.03. The van der Waals surface area contributed by atoms with Crippen LogP contribution in [0.1, 0.15) is 11.1 Å². The number of allylic oxidation sites excluding steroid dienone is 5. The third-order valence-corrected chi connectivity index (χ3v) is 4.47. The number of hydrogen-bond acceptors (Lipinski definition) is 1. The monoisotopic (exact) mass is 316 g/mol. The number of halogens is 4. The quantitative estimate of drug-likeness (QED) is 0.606. The van der Waals surface area contributed by atoms with E-state index in [1.807, 2.05) is 0 Å². The summed E-state index contributed by atoms with van der Waals surface area (Å²) in [4.78, 5) is 11.8. The molecule has 3 rings (SSSR count). The minimum absolute atomic E-state index is 0.103. The van der Waals surface area contributed by atoms with E-state index in [1.165, 1.54) is 6.08 Å². The summed E-state index contributed by atoms with van der Waals surface area (Å²) >= 11 is 24.3. The second-order valence-corrected chi connectivity index (χ2v) is 5.50. The van der Waals surface area contributed by atoms with Crippen molar-refractivity contribution in [3.05, 3.63) is 55.0 Å². The second kappa shape index (κ2) is 4.14. The van der Waals surface area contributed by atoms with Gasteiger partial charge in [0, 0.05) is 21.7 Å². The molecule has 2 aliphatic rings. The second-order valence-electron chi connectivity index (χ2n) is 3.93. The first-order valence-electron chi connectivity index (χ1n) is 5.03. The van der Waals surface area contributed by atoms with Crippen LogP contribution in [-0.4, -0.2) is 5.78 Å². The Labute approximate surface area is 123 Å². The summed E-state index contributed by atoms with van der Waals surface area (Å²) in [6.45, 7) is 0. The van der Waals surface area contributed by atoms with Crippen molar-refractivity contribution in [2.24, 2.45) is 0 Å². The lowest BCUT2D eigenvalue weighted by atomic mass is 9.96. The molecule has 0 N–H and O–H groups in total. The fourth-order valence-electron chi connectivity index (χ4n) is 2.11. The Morgan fingerprint density at radius 1 is 0.944 bits per heavy atom. The van der Waals surface area contributed by atoms with E-state index < -0.39 is 0 Å². The van der Waals surface area contributed by atoms with Crippen molar-refractivity contribution in [1.82, 2.24) is 0 Å². The minimum Gasteiger partial charge on any atom is -0.289 e. The fraction of sp³-hybridized carbons (Fsp3) is 0. The third-order valence-electron chi connectivity index (χ3n) is 2.90. The van der Waals surface area contributed by atoms with Crippen molar-refractivity contribution in [1.29, 1.82) is 0 Å². The molecule has 2 aliphatic carbocycles. The Kier molecular flexibility index (Phi) is 2.83. The largest absolute Gasteiger partial charge is 0.289 e. The molecule has 1 nitrogen and oxygen atoms in total. The van der Waals surface area contributed by atoms with Gasteiger partial charge in [-0.05, 0) is 29.9 Å². The molecule has 0 unspecified atom stereocenters. The van der Waals surface area contributed by atoms with E-state index in [9.17, 15) is 4.79 Å². The highest BCUT2D eigenvalue weighted by atomic mass is 35.5. The first kappa shape index (κ1) is 12.3. The van der Waals surface area contributed by atoms with Gasteiger partial charge >= 0.3 is 0 Å². The molecule has 0 saturated heterocycles. The van der Waals surface area contributed by atoms with Gasteiger partial charge in [0.1, 0.15) is 0 Å². The van der Waals surface area contributed by atoms with Gasteiger partial charge in [0.2, 0.25) is 0 Å². The zero-order chi connectivity index (χ0) is 13.0. The predicted molar refractivity (Wildman–Crippen MR) is 76.4 cm³/mol. The molecule has 0 spiro atoms. The Balaban J connectivity index is 2.39. The van der Waals surface area contributed by atoms with E-state index in [-0.39, 0.29) is 10.8 Å². The number of carbonyl (C=O) groups excluding carboxylic acids is 1. The Morgan fingerprint density at radius 2 is 1.67 bits per heavy atom. The van der Waals surface area contributed by atoms with Crippen LogP contribution in [0, 0.1) is 0 Å². The smallest absolute Gasteiger partial charge is 0.186 e. The van der Waals surface area contributed by atoms with E-state index in [2.05, 4.69) is 0 Å². The topological polar surface area (TPSA) is 17.1 Å². The molecule has 1 aromatic carbocycles. The van der Waals surface area contributed by atoms with Crippen LogP contribution in [0.3, 0.4) is 0 Å². The first-order valence-corrected chi connectivity index (χ1v) is 6.54. The first-order chi connectivity index (χ1) is 8.50. The molecule has 0 radical (unpaired) electrons. The van der Waals surface area contributed by atoms with Gasteiger partial charge in [-0.15, -0.1) is 0 Å². The average molecular weight is 318 g/mol. The van der Waals surface area contributed by atoms with Gasteiger partial charge in [-0.3, -0.25) is 4.79 Å². The van der Waals surface area contributed by atoms with Gasteiger partial charge in [-0.1, -0.05) is 46.4 Å². The molecule has 90 valence electrons. The molecule has 0 aromatic heterocycles. The van der Waals surface area contributed by atoms with Crippen molar-refractivity contribution < 1.29 is 4.79 Å². The number of ketones is 1. The molecule has 0 amide bonds. The summed E-state index contributed by atoms with van der Waals surface area (Å²) in [5.74, 6) is -0.103. The van der Waals surface area contributed by atoms with Gasteiger partial charge in [0.15, 0.2) is 5.78 Å². The van der Waals surface area contributed by atoms with Crippen LogP contribution in [0.5, 0.6) is 0 Å². The molecule has 0 bridgehead atoms. The molecule has 5 heteroatoms. The molecule has 0 heterocycles. The van der Waals surface area contributed by atoms with Gasteiger partial charge in [0.05, 0.1) is 15.1 Å². The fourth-order valence-corrected chi connectivity index (χ4v) is 3.08. The van der Waals surface area contributed by atoms with Crippen LogP contribution in [0.25, 0.3) is 11.6 Å². The van der Waals surface area contributed by atoms with E-state index >= 15 is 0 Å².